The second kappa shape index (κ2) is 6.27. The molecule has 0 radical (unpaired) electrons. The molecule has 22 heavy (non-hydrogen) atoms. The first-order valence-electron chi connectivity index (χ1n) is 7.50. The van der Waals surface area contributed by atoms with E-state index in [2.05, 4.69) is 36.4 Å². The quantitative estimate of drug-likeness (QED) is 0.819. The van der Waals surface area contributed by atoms with E-state index >= 15 is 0 Å². The van der Waals surface area contributed by atoms with Crippen LogP contribution in [0.25, 0.3) is 0 Å². The van der Waals surface area contributed by atoms with Crippen LogP contribution in [-0.2, 0) is 9.53 Å². The highest BCUT2D eigenvalue weighted by molar-refractivity contribution is 7.99. The van der Waals surface area contributed by atoms with Crippen molar-refractivity contribution in [2.24, 2.45) is 0 Å². The van der Waals surface area contributed by atoms with Crippen LogP contribution in [0, 0.1) is 0 Å². The molecule has 0 aliphatic heterocycles. The molecule has 0 amide bonds. The molecule has 1 aliphatic rings. The van der Waals surface area contributed by atoms with Gasteiger partial charge < -0.3 is 4.74 Å². The number of Topliss-reactive ketones (excluding diaryl/α,β-unsaturated/α-hetero) is 1. The van der Waals surface area contributed by atoms with Gasteiger partial charge in [-0.05, 0) is 36.8 Å². The van der Waals surface area contributed by atoms with E-state index in [-0.39, 0.29) is 17.3 Å². The summed E-state index contributed by atoms with van der Waals surface area (Å²) < 4.78 is 5.64. The Bertz CT molecular complexity index is 651. The first kappa shape index (κ1) is 15.3. The molecule has 114 valence electrons. The Labute approximate surface area is 135 Å². The highest BCUT2D eigenvalue weighted by Gasteiger charge is 2.44. The Morgan fingerprint density at radius 3 is 2.32 bits per heavy atom. The number of carbonyl (C=O) groups is 1. The molecule has 0 spiro atoms. The number of ketones is 1. The van der Waals surface area contributed by atoms with Gasteiger partial charge in [-0.3, -0.25) is 4.79 Å². The van der Waals surface area contributed by atoms with Crippen molar-refractivity contribution in [1.29, 1.82) is 0 Å². The van der Waals surface area contributed by atoms with Crippen molar-refractivity contribution in [1.82, 2.24) is 0 Å². The molecular weight excluding hydrogens is 292 g/mol. The summed E-state index contributed by atoms with van der Waals surface area (Å²) in [6.45, 7) is 2.04. The second-order valence-electron chi connectivity index (χ2n) is 5.97. The Kier molecular flexibility index (Phi) is 4.37. The lowest BCUT2D eigenvalue weighted by Gasteiger charge is -2.29. The van der Waals surface area contributed by atoms with Crippen LogP contribution in [-0.4, -0.2) is 18.5 Å². The second-order valence-corrected chi connectivity index (χ2v) is 7.12. The molecule has 2 aromatic rings. The van der Waals surface area contributed by atoms with Gasteiger partial charge in [-0.1, -0.05) is 42.1 Å². The zero-order chi connectivity index (χ0) is 15.6. The van der Waals surface area contributed by atoms with Crippen LogP contribution in [0.15, 0.2) is 64.4 Å². The van der Waals surface area contributed by atoms with Crippen molar-refractivity contribution >= 4 is 17.5 Å². The summed E-state index contributed by atoms with van der Waals surface area (Å²) in [4.78, 5) is 14.3. The molecule has 1 fully saturated rings. The lowest BCUT2D eigenvalue weighted by Crippen LogP contribution is -2.30. The summed E-state index contributed by atoms with van der Waals surface area (Å²) >= 11 is 1.75. The zero-order valence-corrected chi connectivity index (χ0v) is 13.7. The summed E-state index contributed by atoms with van der Waals surface area (Å²) in [6.07, 6.45) is 1.09. The van der Waals surface area contributed by atoms with Gasteiger partial charge in [0.25, 0.3) is 0 Å². The topological polar surface area (TPSA) is 26.3 Å². The average molecular weight is 312 g/mol. The molecule has 0 heterocycles. The Morgan fingerprint density at radius 1 is 1.05 bits per heavy atom. The molecule has 0 saturated heterocycles. The fourth-order valence-electron chi connectivity index (χ4n) is 3.11. The van der Waals surface area contributed by atoms with E-state index in [4.69, 9.17) is 4.74 Å². The number of benzene rings is 2. The summed E-state index contributed by atoms with van der Waals surface area (Å²) in [5.74, 6) is 0.442. The van der Waals surface area contributed by atoms with Crippen LogP contribution in [0.2, 0.25) is 0 Å². The maximum atomic E-state index is 11.8. The molecule has 2 nitrogen and oxygen atoms in total. The predicted molar refractivity (Wildman–Crippen MR) is 89.4 cm³/mol. The first-order valence-corrected chi connectivity index (χ1v) is 8.32. The van der Waals surface area contributed by atoms with Gasteiger partial charge in [0.1, 0.15) is 5.78 Å². The van der Waals surface area contributed by atoms with Crippen molar-refractivity contribution in [3.05, 3.63) is 60.2 Å². The minimum absolute atomic E-state index is 0.153. The van der Waals surface area contributed by atoms with Gasteiger partial charge in [-0.25, -0.2) is 0 Å². The van der Waals surface area contributed by atoms with Crippen molar-refractivity contribution < 1.29 is 9.53 Å². The normalized spacial score (nSPS) is 24.6. The van der Waals surface area contributed by atoms with Gasteiger partial charge >= 0.3 is 0 Å². The molecule has 0 unspecified atom stereocenters. The molecule has 1 aliphatic carbocycles. The molecule has 0 aromatic heterocycles. The van der Waals surface area contributed by atoms with E-state index in [1.165, 1.54) is 15.4 Å². The molecule has 0 bridgehead atoms. The molecular formula is C19H20O2S. The van der Waals surface area contributed by atoms with Crippen LogP contribution in [0.1, 0.15) is 31.2 Å². The van der Waals surface area contributed by atoms with E-state index < -0.39 is 0 Å². The number of hydrogen-bond donors (Lipinski definition) is 0. The standard InChI is InChI=1S/C19H20O2S/c1-19(21-2)13-15(20)12-18(19)14-8-10-17(11-9-14)22-16-6-4-3-5-7-16/h3-11,18H,12-13H2,1-2H3/t18-,19+/m1/s1. The number of rotatable bonds is 4. The highest BCUT2D eigenvalue weighted by atomic mass is 32.2. The summed E-state index contributed by atoms with van der Waals surface area (Å²) in [7, 11) is 1.70. The lowest BCUT2D eigenvalue weighted by atomic mass is 9.86. The monoisotopic (exact) mass is 312 g/mol. The molecule has 2 atom stereocenters. The third kappa shape index (κ3) is 3.11. The first-order chi connectivity index (χ1) is 10.6. The van der Waals surface area contributed by atoms with E-state index in [9.17, 15) is 4.79 Å². The predicted octanol–water partition coefficient (Wildman–Crippen LogP) is 4.69. The van der Waals surface area contributed by atoms with E-state index in [1.54, 1.807) is 18.9 Å². The minimum atomic E-state index is -0.370. The Balaban J connectivity index is 1.78. The van der Waals surface area contributed by atoms with Crippen LogP contribution in [0.5, 0.6) is 0 Å². The van der Waals surface area contributed by atoms with Crippen molar-refractivity contribution in [2.75, 3.05) is 7.11 Å². The summed E-state index contributed by atoms with van der Waals surface area (Å²) in [5, 5.41) is 0. The van der Waals surface area contributed by atoms with E-state index in [1.807, 2.05) is 25.1 Å². The van der Waals surface area contributed by atoms with Gasteiger partial charge in [0, 0.05) is 35.7 Å². The van der Waals surface area contributed by atoms with Gasteiger partial charge in [0.15, 0.2) is 0 Å². The molecule has 2 aromatic carbocycles. The molecule has 0 N–H and O–H groups in total. The van der Waals surface area contributed by atoms with Crippen molar-refractivity contribution in [2.45, 2.75) is 41.1 Å². The van der Waals surface area contributed by atoms with E-state index in [0.29, 0.717) is 12.8 Å². The van der Waals surface area contributed by atoms with Gasteiger partial charge in [-0.15, -0.1) is 0 Å². The minimum Gasteiger partial charge on any atom is -0.377 e. The zero-order valence-electron chi connectivity index (χ0n) is 12.9. The molecule has 3 heteroatoms. The maximum Gasteiger partial charge on any atom is 0.136 e. The third-order valence-electron chi connectivity index (χ3n) is 4.44. The lowest BCUT2D eigenvalue weighted by molar-refractivity contribution is -0.119. The third-order valence-corrected chi connectivity index (χ3v) is 5.46. The highest BCUT2D eigenvalue weighted by Crippen LogP contribution is 2.43. The number of ether oxygens (including phenoxy) is 1. The van der Waals surface area contributed by atoms with Crippen LogP contribution in [0.3, 0.4) is 0 Å². The molecule has 1 saturated carbocycles. The Hall–Kier alpha value is -1.58. The smallest absolute Gasteiger partial charge is 0.136 e. The van der Waals surface area contributed by atoms with Gasteiger partial charge in [0.05, 0.1) is 5.60 Å². The largest absolute Gasteiger partial charge is 0.377 e. The number of carbonyl (C=O) groups excluding carboxylic acids is 1. The maximum absolute atomic E-state index is 11.8. The van der Waals surface area contributed by atoms with Gasteiger partial charge in [0.2, 0.25) is 0 Å². The fraction of sp³-hybridized carbons (Fsp3) is 0.316. The van der Waals surface area contributed by atoms with Crippen LogP contribution >= 0.6 is 11.8 Å². The SMILES string of the molecule is CO[C@@]1(C)CC(=O)C[C@@H]1c1ccc(Sc2ccccc2)cc1. The van der Waals surface area contributed by atoms with Crippen LogP contribution in [0.4, 0.5) is 0 Å². The summed E-state index contributed by atoms with van der Waals surface area (Å²) in [5.41, 5.74) is 0.818. The number of hydrogen-bond acceptors (Lipinski definition) is 3. The van der Waals surface area contributed by atoms with Crippen molar-refractivity contribution in [3.63, 3.8) is 0 Å². The molecule has 3 rings (SSSR count). The summed E-state index contributed by atoms with van der Waals surface area (Å²) in [6, 6.07) is 18.9. The van der Waals surface area contributed by atoms with E-state index in [0.717, 1.165) is 0 Å². The number of methoxy groups -OCH3 is 1. The van der Waals surface area contributed by atoms with Crippen LogP contribution < -0.4 is 0 Å². The van der Waals surface area contributed by atoms with Gasteiger partial charge in [-0.2, -0.15) is 0 Å². The average Bonchev–Trinajstić information content (AvgIpc) is 2.85. The fourth-order valence-corrected chi connectivity index (χ4v) is 3.95. The van der Waals surface area contributed by atoms with Crippen molar-refractivity contribution in [3.8, 4) is 0 Å². The Morgan fingerprint density at radius 2 is 1.68 bits per heavy atom.